The van der Waals surface area contributed by atoms with Crippen LogP contribution in [0.25, 0.3) is 11.6 Å². The molecule has 1 aliphatic rings. The van der Waals surface area contributed by atoms with Crippen LogP contribution >= 0.6 is 15.9 Å². The van der Waals surface area contributed by atoms with Gasteiger partial charge in [-0.2, -0.15) is 10.5 Å². The van der Waals surface area contributed by atoms with Gasteiger partial charge in [-0.05, 0) is 41.5 Å². The fraction of sp³-hybridized carbons (Fsp3) is 0.0588. The molecule has 0 radical (unpaired) electrons. The van der Waals surface area contributed by atoms with Crippen molar-refractivity contribution in [3.63, 3.8) is 0 Å². The van der Waals surface area contributed by atoms with Gasteiger partial charge in [-0.25, -0.2) is 0 Å². The zero-order valence-corrected chi connectivity index (χ0v) is 12.9. The van der Waals surface area contributed by atoms with Gasteiger partial charge in [0.2, 0.25) is 6.79 Å². The van der Waals surface area contributed by atoms with Crippen molar-refractivity contribution in [2.45, 2.75) is 0 Å². The third-order valence-corrected chi connectivity index (χ3v) is 3.92. The van der Waals surface area contributed by atoms with Gasteiger partial charge >= 0.3 is 0 Å². The minimum atomic E-state index is 0.204. The summed E-state index contributed by atoms with van der Waals surface area (Å²) in [4.78, 5) is 0. The molecule has 0 unspecified atom stereocenters. The van der Waals surface area contributed by atoms with Crippen LogP contribution in [0.15, 0.2) is 40.9 Å². The molecule has 22 heavy (non-hydrogen) atoms. The standard InChI is InChI=1S/C17H9BrN2O2/c18-15-7-17-16(21-10-22-17)6-13(15)5-14(9-20)12-3-1-11(8-19)2-4-12/h1-7H,10H2/b14-5-. The van der Waals surface area contributed by atoms with Crippen molar-refractivity contribution in [2.75, 3.05) is 6.79 Å². The zero-order valence-electron chi connectivity index (χ0n) is 11.3. The molecule has 0 saturated heterocycles. The predicted molar refractivity (Wildman–Crippen MR) is 84.9 cm³/mol. The Labute approximate surface area is 135 Å². The van der Waals surface area contributed by atoms with Gasteiger partial charge in [-0.15, -0.1) is 0 Å². The fourth-order valence-corrected chi connectivity index (χ4v) is 2.54. The molecule has 4 nitrogen and oxygen atoms in total. The first-order valence-electron chi connectivity index (χ1n) is 6.43. The number of nitriles is 2. The summed E-state index contributed by atoms with van der Waals surface area (Å²) in [5, 5.41) is 18.2. The van der Waals surface area contributed by atoms with Crippen LogP contribution in [-0.2, 0) is 0 Å². The highest BCUT2D eigenvalue weighted by Gasteiger charge is 2.16. The van der Waals surface area contributed by atoms with Crippen molar-refractivity contribution in [2.24, 2.45) is 0 Å². The van der Waals surface area contributed by atoms with Gasteiger partial charge in [0.1, 0.15) is 0 Å². The lowest BCUT2D eigenvalue weighted by Crippen LogP contribution is -1.92. The van der Waals surface area contributed by atoms with E-state index in [4.69, 9.17) is 14.7 Å². The fourth-order valence-electron chi connectivity index (χ4n) is 2.10. The second kappa shape index (κ2) is 5.93. The molecule has 0 aromatic heterocycles. The SMILES string of the molecule is N#C/C(=C/c1cc2c(cc1Br)OCO2)c1ccc(C#N)cc1. The smallest absolute Gasteiger partial charge is 0.231 e. The van der Waals surface area contributed by atoms with Crippen LogP contribution in [0.5, 0.6) is 11.5 Å². The molecule has 0 saturated carbocycles. The predicted octanol–water partition coefficient (Wildman–Crippen LogP) is 4.11. The highest BCUT2D eigenvalue weighted by Crippen LogP contribution is 2.38. The number of rotatable bonds is 2. The summed E-state index contributed by atoms with van der Waals surface area (Å²) in [5.41, 5.74) is 2.64. The Morgan fingerprint density at radius 3 is 2.41 bits per heavy atom. The maximum absolute atomic E-state index is 9.40. The highest BCUT2D eigenvalue weighted by molar-refractivity contribution is 9.10. The van der Waals surface area contributed by atoms with E-state index in [9.17, 15) is 5.26 Å². The van der Waals surface area contributed by atoms with Crippen molar-refractivity contribution in [3.8, 4) is 23.6 Å². The van der Waals surface area contributed by atoms with Gasteiger partial charge in [-0.3, -0.25) is 0 Å². The number of fused-ring (bicyclic) bond motifs is 1. The number of nitrogens with zero attached hydrogens (tertiary/aromatic N) is 2. The summed E-state index contributed by atoms with van der Waals surface area (Å²) in [6.45, 7) is 0.204. The minimum absolute atomic E-state index is 0.204. The Kier molecular flexibility index (Phi) is 3.82. The van der Waals surface area contributed by atoms with E-state index in [0.717, 1.165) is 15.6 Å². The van der Waals surface area contributed by atoms with E-state index in [1.165, 1.54) is 0 Å². The first kappa shape index (κ1) is 14.2. The zero-order chi connectivity index (χ0) is 15.5. The molecule has 2 aromatic rings. The number of hydrogen-bond acceptors (Lipinski definition) is 4. The molecule has 0 fully saturated rings. The molecule has 2 aromatic carbocycles. The molecule has 0 aliphatic carbocycles. The Morgan fingerprint density at radius 2 is 1.77 bits per heavy atom. The van der Waals surface area contributed by atoms with Crippen LogP contribution in [0.2, 0.25) is 0 Å². The lowest BCUT2D eigenvalue weighted by Gasteiger charge is -2.04. The number of ether oxygens (including phenoxy) is 2. The van der Waals surface area contributed by atoms with E-state index in [-0.39, 0.29) is 6.79 Å². The van der Waals surface area contributed by atoms with Gasteiger partial charge in [0.15, 0.2) is 11.5 Å². The summed E-state index contributed by atoms with van der Waals surface area (Å²) < 4.78 is 11.5. The molecule has 3 rings (SSSR count). The lowest BCUT2D eigenvalue weighted by atomic mass is 10.0. The van der Waals surface area contributed by atoms with Crippen LogP contribution in [0.1, 0.15) is 16.7 Å². The van der Waals surface area contributed by atoms with Crippen molar-refractivity contribution >= 4 is 27.6 Å². The van der Waals surface area contributed by atoms with E-state index < -0.39 is 0 Å². The molecule has 106 valence electrons. The highest BCUT2D eigenvalue weighted by atomic mass is 79.9. The first-order valence-corrected chi connectivity index (χ1v) is 7.22. The van der Waals surface area contributed by atoms with Gasteiger partial charge in [0, 0.05) is 4.47 Å². The maximum Gasteiger partial charge on any atom is 0.231 e. The second-order valence-corrected chi connectivity index (χ2v) is 5.44. The number of benzene rings is 2. The summed E-state index contributed by atoms with van der Waals surface area (Å²) in [6, 6.07) is 14.8. The third kappa shape index (κ3) is 2.67. The number of halogens is 1. The molecule has 0 N–H and O–H groups in total. The molecule has 1 heterocycles. The summed E-state index contributed by atoms with van der Waals surface area (Å²) in [5.74, 6) is 1.34. The Hall–Kier alpha value is -2.76. The Morgan fingerprint density at radius 1 is 1.09 bits per heavy atom. The second-order valence-electron chi connectivity index (χ2n) is 4.59. The summed E-state index contributed by atoms with van der Waals surface area (Å²) in [6.07, 6.45) is 1.77. The molecule has 5 heteroatoms. The third-order valence-electron chi connectivity index (χ3n) is 3.24. The molecule has 1 aliphatic heterocycles. The van der Waals surface area contributed by atoms with Crippen LogP contribution in [-0.4, -0.2) is 6.79 Å². The average molecular weight is 353 g/mol. The molecule has 0 bridgehead atoms. The average Bonchev–Trinajstić information content (AvgIpc) is 2.99. The first-order chi connectivity index (χ1) is 10.7. The van der Waals surface area contributed by atoms with E-state index >= 15 is 0 Å². The van der Waals surface area contributed by atoms with Crippen molar-refractivity contribution in [1.82, 2.24) is 0 Å². The largest absolute Gasteiger partial charge is 0.454 e. The van der Waals surface area contributed by atoms with Crippen LogP contribution in [0.3, 0.4) is 0 Å². The molecular weight excluding hydrogens is 344 g/mol. The summed E-state index contributed by atoms with van der Waals surface area (Å²) in [7, 11) is 0. The maximum atomic E-state index is 9.40. The van der Waals surface area contributed by atoms with Crippen molar-refractivity contribution in [1.29, 1.82) is 10.5 Å². The number of allylic oxidation sites excluding steroid dienone is 1. The van der Waals surface area contributed by atoms with E-state index in [0.29, 0.717) is 22.6 Å². The Bertz CT molecular complexity index is 843. The van der Waals surface area contributed by atoms with Gasteiger partial charge < -0.3 is 9.47 Å². The molecular formula is C17H9BrN2O2. The Balaban J connectivity index is 2.02. The number of hydrogen-bond donors (Lipinski definition) is 0. The molecule has 0 spiro atoms. The van der Waals surface area contributed by atoms with Gasteiger partial charge in [0.05, 0.1) is 23.3 Å². The molecule has 0 amide bonds. The van der Waals surface area contributed by atoms with Gasteiger partial charge in [-0.1, -0.05) is 28.1 Å². The molecule has 0 atom stereocenters. The van der Waals surface area contributed by atoms with E-state index in [1.807, 2.05) is 12.1 Å². The van der Waals surface area contributed by atoms with E-state index in [1.54, 1.807) is 30.3 Å². The summed E-state index contributed by atoms with van der Waals surface area (Å²) >= 11 is 3.47. The minimum Gasteiger partial charge on any atom is -0.454 e. The lowest BCUT2D eigenvalue weighted by molar-refractivity contribution is 0.174. The topological polar surface area (TPSA) is 66.0 Å². The normalized spacial score (nSPS) is 12.6. The van der Waals surface area contributed by atoms with E-state index in [2.05, 4.69) is 28.1 Å². The van der Waals surface area contributed by atoms with Crippen molar-refractivity contribution < 1.29 is 9.47 Å². The van der Waals surface area contributed by atoms with Crippen LogP contribution in [0.4, 0.5) is 0 Å². The van der Waals surface area contributed by atoms with Crippen molar-refractivity contribution in [3.05, 3.63) is 57.6 Å². The van der Waals surface area contributed by atoms with Crippen LogP contribution in [0, 0.1) is 22.7 Å². The monoisotopic (exact) mass is 352 g/mol. The quantitative estimate of drug-likeness (QED) is 0.602. The van der Waals surface area contributed by atoms with Crippen LogP contribution < -0.4 is 9.47 Å². The van der Waals surface area contributed by atoms with Gasteiger partial charge in [0.25, 0.3) is 0 Å².